The summed E-state index contributed by atoms with van der Waals surface area (Å²) >= 11 is 0. The minimum Gasteiger partial charge on any atom is -0.487 e. The monoisotopic (exact) mass is 382 g/mol. The summed E-state index contributed by atoms with van der Waals surface area (Å²) in [5.74, 6) is 0.589. The van der Waals surface area contributed by atoms with Crippen molar-refractivity contribution < 1.29 is 21.6 Å². The molecule has 3 rings (SSSR count). The van der Waals surface area contributed by atoms with Crippen molar-refractivity contribution in [1.82, 2.24) is 9.29 Å². The van der Waals surface area contributed by atoms with Crippen LogP contribution in [0.1, 0.15) is 6.42 Å². The molecule has 0 amide bonds. The Kier molecular flexibility index (Phi) is 4.81. The van der Waals surface area contributed by atoms with Crippen molar-refractivity contribution in [2.75, 3.05) is 19.3 Å². The molecule has 1 aromatic carbocycles. The van der Waals surface area contributed by atoms with Crippen LogP contribution in [0.15, 0.2) is 58.6 Å². The van der Waals surface area contributed by atoms with Crippen LogP contribution in [0.25, 0.3) is 0 Å². The molecular formula is C16H18N2O5S2. The quantitative estimate of drug-likeness (QED) is 0.774. The standard InChI is InChI=1S/C16H18N2O5S2/c1-24(19,20)15-5-2-6-16(10-15)25(21,22)18-9-7-14(12-18)23-13-4-3-8-17-11-13/h2-6,8,10-11,14H,7,9,12H2,1H3/t14-/m1/s1. The Bertz CT molecular complexity index is 959. The Morgan fingerprint density at radius 3 is 2.56 bits per heavy atom. The zero-order chi connectivity index (χ0) is 18.1. The SMILES string of the molecule is CS(=O)(=O)c1cccc(S(=O)(=O)N2CC[C@@H](Oc3cccnc3)C2)c1. The van der Waals surface area contributed by atoms with E-state index < -0.39 is 19.9 Å². The van der Waals surface area contributed by atoms with Crippen molar-refractivity contribution in [2.45, 2.75) is 22.3 Å². The zero-order valence-corrected chi connectivity index (χ0v) is 15.2. The molecule has 134 valence electrons. The lowest BCUT2D eigenvalue weighted by molar-refractivity contribution is 0.214. The second-order valence-electron chi connectivity index (χ2n) is 5.83. The average Bonchev–Trinajstić information content (AvgIpc) is 3.04. The molecule has 0 saturated carbocycles. The second-order valence-corrected chi connectivity index (χ2v) is 9.78. The van der Waals surface area contributed by atoms with Gasteiger partial charge in [-0.25, -0.2) is 16.8 Å². The number of aromatic nitrogens is 1. The number of hydrogen-bond acceptors (Lipinski definition) is 6. The van der Waals surface area contributed by atoms with Gasteiger partial charge in [-0.15, -0.1) is 0 Å². The van der Waals surface area contributed by atoms with Gasteiger partial charge in [0.2, 0.25) is 10.0 Å². The van der Waals surface area contributed by atoms with E-state index in [-0.39, 0.29) is 22.4 Å². The van der Waals surface area contributed by atoms with Crippen molar-refractivity contribution in [3.05, 3.63) is 48.8 Å². The fourth-order valence-electron chi connectivity index (χ4n) is 2.64. The summed E-state index contributed by atoms with van der Waals surface area (Å²) in [6.45, 7) is 0.524. The maximum Gasteiger partial charge on any atom is 0.243 e. The molecule has 0 radical (unpaired) electrons. The number of sulfonamides is 1. The lowest BCUT2D eigenvalue weighted by Gasteiger charge is -2.17. The Hall–Kier alpha value is -1.97. The Morgan fingerprint density at radius 2 is 1.88 bits per heavy atom. The van der Waals surface area contributed by atoms with Crippen LogP contribution in [-0.2, 0) is 19.9 Å². The van der Waals surface area contributed by atoms with E-state index in [4.69, 9.17) is 4.74 Å². The molecule has 1 fully saturated rings. The number of sulfone groups is 1. The number of hydrogen-bond donors (Lipinski definition) is 0. The van der Waals surface area contributed by atoms with Crippen LogP contribution in [0.2, 0.25) is 0 Å². The predicted molar refractivity (Wildman–Crippen MR) is 91.6 cm³/mol. The maximum atomic E-state index is 12.8. The van der Waals surface area contributed by atoms with Gasteiger partial charge in [-0.3, -0.25) is 4.98 Å². The third kappa shape index (κ3) is 4.00. The largest absolute Gasteiger partial charge is 0.487 e. The van der Waals surface area contributed by atoms with E-state index in [2.05, 4.69) is 4.98 Å². The van der Waals surface area contributed by atoms with E-state index in [1.165, 1.54) is 28.6 Å². The molecule has 1 aromatic heterocycles. The van der Waals surface area contributed by atoms with Crippen molar-refractivity contribution in [3.63, 3.8) is 0 Å². The van der Waals surface area contributed by atoms with Gasteiger partial charge in [0.15, 0.2) is 9.84 Å². The fourth-order valence-corrected chi connectivity index (χ4v) is 4.91. The molecule has 2 aromatic rings. The molecule has 1 atom stereocenters. The third-order valence-electron chi connectivity index (χ3n) is 3.92. The van der Waals surface area contributed by atoms with Gasteiger partial charge >= 0.3 is 0 Å². The second kappa shape index (κ2) is 6.74. The van der Waals surface area contributed by atoms with Gasteiger partial charge in [0, 0.05) is 19.0 Å². The molecule has 0 N–H and O–H groups in total. The van der Waals surface area contributed by atoms with Crippen molar-refractivity contribution in [1.29, 1.82) is 0 Å². The summed E-state index contributed by atoms with van der Waals surface area (Å²) in [6, 6.07) is 8.92. The molecule has 2 heterocycles. The lowest BCUT2D eigenvalue weighted by Crippen LogP contribution is -2.31. The molecular weight excluding hydrogens is 364 g/mol. The summed E-state index contributed by atoms with van der Waals surface area (Å²) in [7, 11) is -7.25. The van der Waals surface area contributed by atoms with Gasteiger partial charge in [0.05, 0.1) is 22.5 Å². The fraction of sp³-hybridized carbons (Fsp3) is 0.312. The minimum atomic E-state index is -3.77. The van der Waals surface area contributed by atoms with E-state index >= 15 is 0 Å². The molecule has 7 nitrogen and oxygen atoms in total. The molecule has 0 bridgehead atoms. The first-order valence-electron chi connectivity index (χ1n) is 7.64. The van der Waals surface area contributed by atoms with Crippen LogP contribution in [0.4, 0.5) is 0 Å². The highest BCUT2D eigenvalue weighted by molar-refractivity contribution is 7.91. The van der Waals surface area contributed by atoms with Crippen molar-refractivity contribution >= 4 is 19.9 Å². The van der Waals surface area contributed by atoms with Crippen molar-refractivity contribution in [2.24, 2.45) is 0 Å². The lowest BCUT2D eigenvalue weighted by atomic mass is 10.3. The Morgan fingerprint density at radius 1 is 1.12 bits per heavy atom. The van der Waals surface area contributed by atoms with Crippen molar-refractivity contribution in [3.8, 4) is 5.75 Å². The van der Waals surface area contributed by atoms with Crippen LogP contribution in [0.3, 0.4) is 0 Å². The highest BCUT2D eigenvalue weighted by atomic mass is 32.2. The average molecular weight is 382 g/mol. The normalized spacial score (nSPS) is 19.0. The first-order chi connectivity index (χ1) is 11.8. The first-order valence-corrected chi connectivity index (χ1v) is 11.0. The number of pyridine rings is 1. The summed E-state index contributed by atoms with van der Waals surface area (Å²) in [6.07, 6.45) is 4.54. The molecule has 1 aliphatic rings. The first kappa shape index (κ1) is 17.8. The summed E-state index contributed by atoms with van der Waals surface area (Å²) in [5.41, 5.74) is 0. The van der Waals surface area contributed by atoms with E-state index in [1.54, 1.807) is 24.5 Å². The van der Waals surface area contributed by atoms with Gasteiger partial charge < -0.3 is 4.74 Å². The number of rotatable bonds is 5. The smallest absolute Gasteiger partial charge is 0.243 e. The Labute approximate surface area is 147 Å². The highest BCUT2D eigenvalue weighted by Crippen LogP contribution is 2.25. The van der Waals surface area contributed by atoms with Gasteiger partial charge in [0.1, 0.15) is 11.9 Å². The van der Waals surface area contributed by atoms with E-state index in [0.717, 1.165) is 6.26 Å². The summed E-state index contributed by atoms with van der Waals surface area (Å²) in [5, 5.41) is 0. The minimum absolute atomic E-state index is 0.0177. The number of ether oxygens (including phenoxy) is 1. The third-order valence-corrected chi connectivity index (χ3v) is 6.89. The van der Waals surface area contributed by atoms with Crippen LogP contribution in [0, 0.1) is 0 Å². The van der Waals surface area contributed by atoms with Gasteiger partial charge in [-0.05, 0) is 36.8 Å². The van der Waals surface area contributed by atoms with E-state index in [1.807, 2.05) is 0 Å². The highest BCUT2D eigenvalue weighted by Gasteiger charge is 2.34. The van der Waals surface area contributed by atoms with Gasteiger partial charge in [-0.2, -0.15) is 4.31 Å². The molecule has 0 spiro atoms. The predicted octanol–water partition coefficient (Wildman–Crippen LogP) is 1.33. The van der Waals surface area contributed by atoms with E-state index in [9.17, 15) is 16.8 Å². The van der Waals surface area contributed by atoms with Crippen LogP contribution >= 0.6 is 0 Å². The Balaban J connectivity index is 1.78. The van der Waals surface area contributed by atoms with Crippen LogP contribution < -0.4 is 4.74 Å². The summed E-state index contributed by atoms with van der Waals surface area (Å²) in [4.78, 5) is 3.91. The molecule has 0 aliphatic carbocycles. The van der Waals surface area contributed by atoms with Gasteiger partial charge in [-0.1, -0.05) is 6.07 Å². The number of nitrogens with zero attached hydrogens (tertiary/aromatic N) is 2. The van der Waals surface area contributed by atoms with Crippen LogP contribution in [-0.4, -0.2) is 51.6 Å². The van der Waals surface area contributed by atoms with Crippen LogP contribution in [0.5, 0.6) is 5.75 Å². The molecule has 25 heavy (non-hydrogen) atoms. The maximum absolute atomic E-state index is 12.8. The van der Waals surface area contributed by atoms with E-state index in [0.29, 0.717) is 18.7 Å². The topological polar surface area (TPSA) is 93.6 Å². The molecule has 9 heteroatoms. The summed E-state index contributed by atoms with van der Waals surface area (Å²) < 4.78 is 55.9. The molecule has 1 aliphatic heterocycles. The molecule has 1 saturated heterocycles. The zero-order valence-electron chi connectivity index (χ0n) is 13.6. The molecule has 0 unspecified atom stereocenters. The number of benzene rings is 1. The van der Waals surface area contributed by atoms with Gasteiger partial charge in [0.25, 0.3) is 0 Å².